The average molecular weight is 546 g/mol. The molecule has 1 unspecified atom stereocenters. The van der Waals surface area contributed by atoms with Crippen molar-refractivity contribution in [3.05, 3.63) is 74.7 Å². The maximum Gasteiger partial charge on any atom is 0.410 e. The Morgan fingerprint density at radius 2 is 1.85 bits per heavy atom. The van der Waals surface area contributed by atoms with E-state index in [1.54, 1.807) is 22.6 Å². The van der Waals surface area contributed by atoms with Gasteiger partial charge in [-0.2, -0.15) is 0 Å². The van der Waals surface area contributed by atoms with Crippen molar-refractivity contribution in [2.45, 2.75) is 84.5 Å². The van der Waals surface area contributed by atoms with Gasteiger partial charge in [0, 0.05) is 13.1 Å². The summed E-state index contributed by atoms with van der Waals surface area (Å²) >= 11 is 0. The second kappa shape index (κ2) is 10.6. The summed E-state index contributed by atoms with van der Waals surface area (Å²) < 4.78 is 8.69. The monoisotopic (exact) mass is 545 g/mol. The first-order valence-electron chi connectivity index (χ1n) is 14.1. The normalized spacial score (nSPS) is 14.7. The van der Waals surface area contributed by atoms with Gasteiger partial charge in [-0.05, 0) is 82.2 Å². The zero-order valence-corrected chi connectivity index (χ0v) is 24.2. The van der Waals surface area contributed by atoms with Gasteiger partial charge in [0.05, 0.1) is 34.5 Å². The van der Waals surface area contributed by atoms with Crippen LogP contribution in [0.5, 0.6) is 0 Å². The number of aromatic amines is 1. The van der Waals surface area contributed by atoms with Crippen LogP contribution in [0.2, 0.25) is 0 Å². The molecule has 2 heterocycles. The van der Waals surface area contributed by atoms with E-state index >= 15 is 0 Å². The minimum atomic E-state index is -0.584. The number of imidazole rings is 1. The molecule has 1 saturated carbocycles. The number of hydrogen-bond donors (Lipinski definition) is 1. The Morgan fingerprint density at radius 1 is 1.12 bits per heavy atom. The number of fused-ring (bicyclic) bond motifs is 2. The molecule has 5 rings (SSSR count). The molecule has 1 aliphatic rings. The number of para-hydroxylation sites is 1. The number of carbonyl (C=O) groups excluding carboxylic acids is 1. The van der Waals surface area contributed by atoms with Crippen LogP contribution in [0.25, 0.3) is 21.9 Å². The summed E-state index contributed by atoms with van der Waals surface area (Å²) in [4.78, 5) is 49.3. The van der Waals surface area contributed by atoms with Crippen molar-refractivity contribution in [1.29, 1.82) is 0 Å². The van der Waals surface area contributed by atoms with Gasteiger partial charge in [0.2, 0.25) is 0 Å². The van der Waals surface area contributed by atoms with Crippen LogP contribution in [0.1, 0.15) is 83.8 Å². The summed E-state index contributed by atoms with van der Waals surface area (Å²) in [5.74, 6) is 1.11. The molecule has 0 bridgehead atoms. The van der Waals surface area contributed by atoms with Crippen LogP contribution < -0.4 is 11.2 Å². The Hall–Kier alpha value is -3.88. The average Bonchev–Trinajstić information content (AvgIpc) is 3.63. The van der Waals surface area contributed by atoms with Crippen LogP contribution in [0, 0.1) is 5.92 Å². The van der Waals surface area contributed by atoms with Gasteiger partial charge >= 0.3 is 11.8 Å². The number of nitrogens with zero attached hydrogens (tertiary/aromatic N) is 4. The van der Waals surface area contributed by atoms with Gasteiger partial charge in [0.25, 0.3) is 5.56 Å². The Kier molecular flexibility index (Phi) is 7.33. The molecule has 2 aromatic carbocycles. The van der Waals surface area contributed by atoms with Crippen LogP contribution in [-0.2, 0) is 11.3 Å². The van der Waals surface area contributed by atoms with E-state index in [1.807, 2.05) is 57.2 Å². The highest BCUT2D eigenvalue weighted by Crippen LogP contribution is 2.33. The molecule has 2 aromatic heterocycles. The molecule has 212 valence electrons. The third-order valence-electron chi connectivity index (χ3n) is 7.41. The molecular formula is C31H39N5O4. The Balaban J connectivity index is 1.50. The van der Waals surface area contributed by atoms with Crippen molar-refractivity contribution in [1.82, 2.24) is 24.0 Å². The number of rotatable bonds is 8. The number of amides is 1. The van der Waals surface area contributed by atoms with E-state index in [1.165, 1.54) is 4.57 Å². The number of aromatic nitrogens is 4. The second-order valence-corrected chi connectivity index (χ2v) is 12.3. The quantitative estimate of drug-likeness (QED) is 0.303. The number of ether oxygens (including phenoxy) is 1. The Labute approximate surface area is 233 Å². The summed E-state index contributed by atoms with van der Waals surface area (Å²) in [5, 5.41) is 0.533. The lowest BCUT2D eigenvalue weighted by atomic mass is 9.96. The van der Waals surface area contributed by atoms with Crippen molar-refractivity contribution in [3.8, 4) is 0 Å². The van der Waals surface area contributed by atoms with Gasteiger partial charge in [0.15, 0.2) is 0 Å². The minimum absolute atomic E-state index is 0.0289. The largest absolute Gasteiger partial charge is 0.444 e. The molecule has 9 heteroatoms. The maximum atomic E-state index is 13.4. The molecule has 1 N–H and O–H groups in total. The molecular weight excluding hydrogens is 506 g/mol. The topological polar surface area (TPSA) is 102 Å². The van der Waals surface area contributed by atoms with Crippen molar-refractivity contribution in [3.63, 3.8) is 0 Å². The first kappa shape index (κ1) is 27.7. The van der Waals surface area contributed by atoms with Crippen LogP contribution in [-0.4, -0.2) is 42.7 Å². The van der Waals surface area contributed by atoms with Gasteiger partial charge in [-0.25, -0.2) is 14.6 Å². The molecule has 1 amide bonds. The number of carbonyl (C=O) groups is 1. The fourth-order valence-electron chi connectivity index (χ4n) is 5.19. The standard InChI is InChI=1S/C31H39N5O4/c1-19(2)11-16-25(34(6)30(39)40-31(3,4)5)20-12-15-23-24(17-20)33-27(32-23)18-35-26-10-8-7-9-22(26)28(37)36(29(35)38)21-13-14-21/h7-10,12,15,17,19,21,25H,11,13-14,16,18H2,1-6H3,(H,32,33). The fraction of sp³-hybridized carbons (Fsp3) is 0.484. The summed E-state index contributed by atoms with van der Waals surface area (Å²) in [5.41, 5.74) is 2.06. The first-order valence-corrected chi connectivity index (χ1v) is 14.1. The Bertz CT molecular complexity index is 1670. The molecule has 9 nitrogen and oxygen atoms in total. The summed E-state index contributed by atoms with van der Waals surface area (Å²) in [6.07, 6.45) is 3.07. The first-order chi connectivity index (χ1) is 18.9. The van der Waals surface area contributed by atoms with Crippen molar-refractivity contribution in [2.24, 2.45) is 5.92 Å². The van der Waals surface area contributed by atoms with Gasteiger partial charge in [-0.3, -0.25) is 13.9 Å². The highest BCUT2D eigenvalue weighted by Gasteiger charge is 2.29. The lowest BCUT2D eigenvalue weighted by molar-refractivity contribution is 0.0207. The molecule has 0 radical (unpaired) electrons. The molecule has 0 saturated heterocycles. The van der Waals surface area contributed by atoms with Crippen LogP contribution in [0.15, 0.2) is 52.1 Å². The fourth-order valence-corrected chi connectivity index (χ4v) is 5.19. The highest BCUT2D eigenvalue weighted by atomic mass is 16.6. The van der Waals surface area contributed by atoms with Crippen LogP contribution in [0.3, 0.4) is 0 Å². The van der Waals surface area contributed by atoms with Gasteiger partial charge < -0.3 is 14.6 Å². The van der Waals surface area contributed by atoms with E-state index in [0.29, 0.717) is 22.6 Å². The van der Waals surface area contributed by atoms with E-state index in [0.717, 1.165) is 42.3 Å². The second-order valence-electron chi connectivity index (χ2n) is 12.3. The number of hydrogen-bond acceptors (Lipinski definition) is 5. The molecule has 0 aliphatic heterocycles. The summed E-state index contributed by atoms with van der Waals surface area (Å²) in [6.45, 7) is 10.2. The molecule has 4 aromatic rings. The van der Waals surface area contributed by atoms with Gasteiger partial charge in [-0.1, -0.05) is 32.0 Å². The molecule has 1 aliphatic carbocycles. The smallest absolute Gasteiger partial charge is 0.410 e. The lowest BCUT2D eigenvalue weighted by Crippen LogP contribution is -2.39. The third-order valence-corrected chi connectivity index (χ3v) is 7.41. The van der Waals surface area contributed by atoms with Crippen molar-refractivity contribution >= 4 is 28.0 Å². The van der Waals surface area contributed by atoms with Gasteiger partial charge in [0.1, 0.15) is 11.4 Å². The predicted molar refractivity (Wildman–Crippen MR) is 157 cm³/mol. The van der Waals surface area contributed by atoms with E-state index < -0.39 is 5.60 Å². The zero-order valence-electron chi connectivity index (χ0n) is 24.2. The van der Waals surface area contributed by atoms with Crippen LogP contribution >= 0.6 is 0 Å². The maximum absolute atomic E-state index is 13.4. The zero-order chi connectivity index (χ0) is 28.8. The van der Waals surface area contributed by atoms with E-state index in [9.17, 15) is 14.4 Å². The third kappa shape index (κ3) is 5.69. The molecule has 0 spiro atoms. The summed E-state index contributed by atoms with van der Waals surface area (Å²) in [7, 11) is 1.78. The van der Waals surface area contributed by atoms with E-state index in [-0.39, 0.29) is 36.0 Å². The van der Waals surface area contributed by atoms with Crippen molar-refractivity contribution < 1.29 is 9.53 Å². The minimum Gasteiger partial charge on any atom is -0.444 e. The van der Waals surface area contributed by atoms with E-state index in [2.05, 4.69) is 18.8 Å². The molecule has 1 atom stereocenters. The predicted octanol–water partition coefficient (Wildman–Crippen LogP) is 5.77. The number of benzene rings is 2. The lowest BCUT2D eigenvalue weighted by Gasteiger charge is -2.31. The molecule has 1 fully saturated rings. The highest BCUT2D eigenvalue weighted by molar-refractivity contribution is 5.79. The Morgan fingerprint density at radius 3 is 2.52 bits per heavy atom. The molecule has 40 heavy (non-hydrogen) atoms. The summed E-state index contributed by atoms with van der Waals surface area (Å²) in [6, 6.07) is 13.0. The SMILES string of the molecule is CC(C)CCC(c1ccc2[nH]c(Cn3c(=O)n(C4CC4)c(=O)c4ccccc43)nc2c1)N(C)C(=O)OC(C)(C)C. The van der Waals surface area contributed by atoms with Crippen LogP contribution in [0.4, 0.5) is 4.79 Å². The number of nitrogens with one attached hydrogen (secondary N) is 1. The van der Waals surface area contributed by atoms with E-state index in [4.69, 9.17) is 9.72 Å². The van der Waals surface area contributed by atoms with Crippen molar-refractivity contribution in [2.75, 3.05) is 7.05 Å². The number of H-pyrrole nitrogens is 1. The van der Waals surface area contributed by atoms with Gasteiger partial charge in [-0.15, -0.1) is 0 Å².